The molecule has 2 heterocycles. The Morgan fingerprint density at radius 2 is 1.63 bits per heavy atom. The minimum atomic E-state index is 0.262. The van der Waals surface area contributed by atoms with E-state index in [9.17, 15) is 4.79 Å². The summed E-state index contributed by atoms with van der Waals surface area (Å²) in [5.74, 6) is 2.27. The molecule has 2 saturated heterocycles. The van der Waals surface area contributed by atoms with Crippen LogP contribution in [0.4, 0.5) is 0 Å². The molecule has 1 atom stereocenters. The van der Waals surface area contributed by atoms with E-state index in [1.54, 1.807) is 0 Å². The second-order valence-corrected chi connectivity index (χ2v) is 6.98. The Morgan fingerprint density at radius 1 is 1.00 bits per heavy atom. The average molecular weight is 266 g/mol. The monoisotopic (exact) mass is 266 g/mol. The van der Waals surface area contributed by atoms with Crippen LogP contribution >= 0.6 is 0 Å². The van der Waals surface area contributed by atoms with Crippen LogP contribution in [0, 0.1) is 17.8 Å². The van der Waals surface area contributed by atoms with Crippen LogP contribution in [0.25, 0.3) is 0 Å². The first-order valence-electron chi connectivity index (χ1n) is 8.02. The van der Waals surface area contributed by atoms with Crippen molar-refractivity contribution in [3.8, 4) is 0 Å². The lowest BCUT2D eigenvalue weighted by molar-refractivity contribution is -0.136. The number of carbonyl (C=O) groups excluding carboxylic acids is 1. The quantitative estimate of drug-likeness (QED) is 0.784. The Kier molecular flexibility index (Phi) is 4.88. The molecule has 3 nitrogen and oxygen atoms in total. The summed E-state index contributed by atoms with van der Waals surface area (Å²) in [7, 11) is 0. The highest BCUT2D eigenvalue weighted by Gasteiger charge is 2.34. The molecule has 1 unspecified atom stereocenters. The second-order valence-electron chi connectivity index (χ2n) is 6.98. The summed E-state index contributed by atoms with van der Waals surface area (Å²) in [6.45, 7) is 13.1. The van der Waals surface area contributed by atoms with Gasteiger partial charge in [0, 0.05) is 25.7 Å². The van der Waals surface area contributed by atoms with Crippen molar-refractivity contribution < 1.29 is 4.79 Å². The predicted molar refractivity (Wildman–Crippen MR) is 79.0 cm³/mol. The maximum absolute atomic E-state index is 12.5. The van der Waals surface area contributed by atoms with Crippen molar-refractivity contribution in [2.75, 3.05) is 26.2 Å². The molecule has 0 aromatic carbocycles. The highest BCUT2D eigenvalue weighted by Crippen LogP contribution is 2.27. The van der Waals surface area contributed by atoms with Gasteiger partial charge in [-0.3, -0.25) is 4.79 Å². The normalized spacial score (nSPS) is 26.6. The van der Waals surface area contributed by atoms with Gasteiger partial charge in [-0.15, -0.1) is 0 Å². The van der Waals surface area contributed by atoms with Crippen LogP contribution in [0.15, 0.2) is 0 Å². The predicted octanol–water partition coefficient (Wildman–Crippen LogP) is 2.61. The molecule has 0 radical (unpaired) electrons. The summed E-state index contributed by atoms with van der Waals surface area (Å²) in [4.78, 5) is 17.1. The van der Waals surface area contributed by atoms with Crippen LogP contribution < -0.4 is 0 Å². The molecular formula is C16H30N2O. The number of hydrogen-bond acceptors (Lipinski definition) is 2. The fraction of sp³-hybridized carbons (Fsp3) is 0.938. The Labute approximate surface area is 118 Å². The molecule has 2 aliphatic rings. The molecule has 1 amide bonds. The number of hydrogen-bond donors (Lipinski definition) is 0. The van der Waals surface area contributed by atoms with Gasteiger partial charge in [0.2, 0.25) is 5.91 Å². The zero-order chi connectivity index (χ0) is 14.0. The number of nitrogens with zero attached hydrogens (tertiary/aromatic N) is 2. The van der Waals surface area contributed by atoms with Crippen LogP contribution in [0.3, 0.4) is 0 Å². The Hall–Kier alpha value is -0.570. The SMILES string of the molecule is CC(C)C1CCN(C(=O)C2CCN(C(C)C)C2)CC1. The fourth-order valence-electron chi connectivity index (χ4n) is 3.50. The van der Waals surface area contributed by atoms with Gasteiger partial charge in [0.25, 0.3) is 0 Å². The van der Waals surface area contributed by atoms with Gasteiger partial charge < -0.3 is 9.80 Å². The van der Waals surface area contributed by atoms with E-state index in [0.29, 0.717) is 11.9 Å². The Balaban J connectivity index is 1.82. The molecule has 0 aliphatic carbocycles. The zero-order valence-electron chi connectivity index (χ0n) is 13.1. The highest BCUT2D eigenvalue weighted by atomic mass is 16.2. The molecule has 0 N–H and O–H groups in total. The van der Waals surface area contributed by atoms with Gasteiger partial charge in [-0.1, -0.05) is 13.8 Å². The summed E-state index contributed by atoms with van der Waals surface area (Å²) in [5, 5.41) is 0. The zero-order valence-corrected chi connectivity index (χ0v) is 13.1. The third-order valence-electron chi connectivity index (χ3n) is 5.09. The summed E-state index contributed by atoms with van der Waals surface area (Å²) in [6, 6.07) is 0.574. The van der Waals surface area contributed by atoms with Crippen LogP contribution in [-0.4, -0.2) is 47.9 Å². The topological polar surface area (TPSA) is 23.6 Å². The minimum absolute atomic E-state index is 0.262. The Bertz CT molecular complexity index is 306. The molecule has 0 bridgehead atoms. The third-order valence-corrected chi connectivity index (χ3v) is 5.09. The molecule has 2 aliphatic heterocycles. The van der Waals surface area contributed by atoms with E-state index < -0.39 is 0 Å². The van der Waals surface area contributed by atoms with Crippen molar-refractivity contribution in [2.45, 2.75) is 53.0 Å². The maximum Gasteiger partial charge on any atom is 0.227 e. The van der Waals surface area contributed by atoms with Gasteiger partial charge in [-0.2, -0.15) is 0 Å². The average Bonchev–Trinajstić information content (AvgIpc) is 2.87. The molecular weight excluding hydrogens is 236 g/mol. The molecule has 3 heteroatoms. The maximum atomic E-state index is 12.5. The van der Waals surface area contributed by atoms with Crippen molar-refractivity contribution in [2.24, 2.45) is 17.8 Å². The molecule has 19 heavy (non-hydrogen) atoms. The van der Waals surface area contributed by atoms with E-state index in [1.807, 2.05) is 0 Å². The van der Waals surface area contributed by atoms with E-state index in [2.05, 4.69) is 37.5 Å². The second kappa shape index (κ2) is 6.25. The standard InChI is InChI=1S/C16H30N2O/c1-12(2)14-5-8-17(9-6-14)16(19)15-7-10-18(11-15)13(3)4/h12-15H,5-11H2,1-4H3. The van der Waals surface area contributed by atoms with E-state index in [-0.39, 0.29) is 5.92 Å². The smallest absolute Gasteiger partial charge is 0.227 e. The number of carbonyl (C=O) groups is 1. The van der Waals surface area contributed by atoms with E-state index in [0.717, 1.165) is 44.4 Å². The van der Waals surface area contributed by atoms with Gasteiger partial charge in [-0.05, 0) is 51.5 Å². The molecule has 2 rings (SSSR count). The van der Waals surface area contributed by atoms with Crippen molar-refractivity contribution in [1.82, 2.24) is 9.80 Å². The number of likely N-dealkylation sites (tertiary alicyclic amines) is 2. The van der Waals surface area contributed by atoms with Gasteiger partial charge in [0.15, 0.2) is 0 Å². The largest absolute Gasteiger partial charge is 0.342 e. The highest BCUT2D eigenvalue weighted by molar-refractivity contribution is 5.79. The first-order chi connectivity index (χ1) is 8.99. The lowest BCUT2D eigenvalue weighted by atomic mass is 9.86. The van der Waals surface area contributed by atoms with E-state index in [1.165, 1.54) is 12.8 Å². The third kappa shape index (κ3) is 3.50. The minimum Gasteiger partial charge on any atom is -0.342 e. The lowest BCUT2D eigenvalue weighted by Crippen LogP contribution is -2.43. The van der Waals surface area contributed by atoms with Crippen LogP contribution in [-0.2, 0) is 4.79 Å². The number of amides is 1. The number of piperidine rings is 1. The van der Waals surface area contributed by atoms with Crippen LogP contribution in [0.5, 0.6) is 0 Å². The van der Waals surface area contributed by atoms with Crippen molar-refractivity contribution in [1.29, 1.82) is 0 Å². The van der Waals surface area contributed by atoms with E-state index >= 15 is 0 Å². The van der Waals surface area contributed by atoms with Gasteiger partial charge >= 0.3 is 0 Å². The van der Waals surface area contributed by atoms with Gasteiger partial charge in [0.05, 0.1) is 5.92 Å². The molecule has 0 saturated carbocycles. The summed E-state index contributed by atoms with van der Waals surface area (Å²) >= 11 is 0. The van der Waals surface area contributed by atoms with E-state index in [4.69, 9.17) is 0 Å². The van der Waals surface area contributed by atoms with Gasteiger partial charge in [-0.25, -0.2) is 0 Å². The fourth-order valence-corrected chi connectivity index (χ4v) is 3.50. The molecule has 0 aromatic heterocycles. The molecule has 2 fully saturated rings. The summed E-state index contributed by atoms with van der Waals surface area (Å²) < 4.78 is 0. The van der Waals surface area contributed by atoms with Crippen molar-refractivity contribution in [3.63, 3.8) is 0 Å². The van der Waals surface area contributed by atoms with Crippen LogP contribution in [0.1, 0.15) is 47.0 Å². The first-order valence-corrected chi connectivity index (χ1v) is 8.02. The molecule has 0 aromatic rings. The molecule has 110 valence electrons. The van der Waals surface area contributed by atoms with Gasteiger partial charge in [0.1, 0.15) is 0 Å². The van der Waals surface area contributed by atoms with Crippen molar-refractivity contribution in [3.05, 3.63) is 0 Å². The molecule has 0 spiro atoms. The summed E-state index contributed by atoms with van der Waals surface area (Å²) in [5.41, 5.74) is 0. The first kappa shape index (κ1) is 14.8. The Morgan fingerprint density at radius 3 is 2.11 bits per heavy atom. The van der Waals surface area contributed by atoms with Crippen molar-refractivity contribution >= 4 is 5.91 Å². The summed E-state index contributed by atoms with van der Waals surface area (Å²) in [6.07, 6.45) is 3.45. The number of rotatable bonds is 3. The van der Waals surface area contributed by atoms with Crippen LogP contribution in [0.2, 0.25) is 0 Å². The lowest BCUT2D eigenvalue weighted by Gasteiger charge is -2.35.